The van der Waals surface area contributed by atoms with Gasteiger partial charge in [0.05, 0.1) is 6.10 Å². The Morgan fingerprint density at radius 3 is 1.44 bits per heavy atom. The van der Waals surface area contributed by atoms with Crippen LogP contribution in [0.1, 0.15) is 52.7 Å². The summed E-state index contributed by atoms with van der Waals surface area (Å²) in [5.74, 6) is 2.29. The molecule has 0 amide bonds. The zero-order chi connectivity index (χ0) is 28.1. The lowest BCUT2D eigenvalue weighted by molar-refractivity contribution is 0.157. The van der Waals surface area contributed by atoms with Gasteiger partial charge in [0.1, 0.15) is 23.0 Å². The predicted molar refractivity (Wildman–Crippen MR) is 157 cm³/mol. The summed E-state index contributed by atoms with van der Waals surface area (Å²) in [4.78, 5) is 0. The van der Waals surface area contributed by atoms with E-state index in [0.29, 0.717) is 17.2 Å². The van der Waals surface area contributed by atoms with Crippen molar-refractivity contribution < 1.29 is 23.1 Å². The fraction of sp³-hybridized carbons (Fsp3) is 0.273. The van der Waals surface area contributed by atoms with E-state index in [1.165, 1.54) is 0 Å². The molecule has 4 aromatic rings. The summed E-state index contributed by atoms with van der Waals surface area (Å²) in [6.45, 7) is 11.8. The Morgan fingerprint density at radius 2 is 0.974 bits per heavy atom. The molecular formula is C33H37O5P. The fourth-order valence-electron chi connectivity index (χ4n) is 4.15. The molecule has 0 heterocycles. The molecular weight excluding hydrogens is 507 g/mol. The smallest absolute Gasteiger partial charge is 0.473 e. The van der Waals surface area contributed by atoms with Gasteiger partial charge in [-0.1, -0.05) is 74.5 Å². The zero-order valence-corrected chi connectivity index (χ0v) is 24.4. The topological polar surface area (TPSA) is 54.0 Å². The number of hydrogen-bond acceptors (Lipinski definition) is 5. The van der Waals surface area contributed by atoms with Crippen LogP contribution in [0.25, 0.3) is 0 Å². The third-order valence-corrected chi connectivity index (χ3v) is 8.80. The number of rotatable bonds is 11. The fourth-order valence-corrected chi connectivity index (χ4v) is 5.64. The molecule has 0 N–H and O–H groups in total. The van der Waals surface area contributed by atoms with Gasteiger partial charge in [-0.2, -0.15) is 0 Å². The highest BCUT2D eigenvalue weighted by molar-refractivity contribution is 7.56. The molecule has 0 bridgehead atoms. The summed E-state index contributed by atoms with van der Waals surface area (Å²) in [6.07, 6.45) is 0.126. The van der Waals surface area contributed by atoms with Crippen molar-refractivity contribution in [3.05, 3.63) is 120 Å². The van der Waals surface area contributed by atoms with Gasteiger partial charge in [-0.15, -0.1) is 0 Å². The Morgan fingerprint density at radius 1 is 0.564 bits per heavy atom. The summed E-state index contributed by atoms with van der Waals surface area (Å²) in [7, 11) is -3.90. The van der Waals surface area contributed by atoms with E-state index in [1.807, 2.05) is 98.8 Å². The lowest BCUT2D eigenvalue weighted by Gasteiger charge is -2.33. The third kappa shape index (κ3) is 6.85. The van der Waals surface area contributed by atoms with Gasteiger partial charge in [0, 0.05) is 5.41 Å². The van der Waals surface area contributed by atoms with Gasteiger partial charge in [0.2, 0.25) is 5.34 Å². The maximum Gasteiger partial charge on any atom is 0.473 e. The molecule has 0 saturated carbocycles. The molecule has 39 heavy (non-hydrogen) atoms. The number of benzene rings is 4. The van der Waals surface area contributed by atoms with Gasteiger partial charge in [-0.3, -0.25) is 0 Å². The number of ether oxygens (including phenoxy) is 2. The second-order valence-electron chi connectivity index (χ2n) is 10.7. The maximum absolute atomic E-state index is 14.4. The monoisotopic (exact) mass is 544 g/mol. The van der Waals surface area contributed by atoms with E-state index in [1.54, 1.807) is 26.0 Å². The first-order chi connectivity index (χ1) is 18.5. The van der Waals surface area contributed by atoms with Gasteiger partial charge in [0.15, 0.2) is 0 Å². The van der Waals surface area contributed by atoms with E-state index in [-0.39, 0.29) is 11.5 Å². The van der Waals surface area contributed by atoms with Crippen molar-refractivity contribution in [2.45, 2.75) is 58.4 Å². The first kappa shape index (κ1) is 28.3. The van der Waals surface area contributed by atoms with Crippen LogP contribution in [0.15, 0.2) is 109 Å². The first-order valence-corrected chi connectivity index (χ1v) is 14.7. The predicted octanol–water partition coefficient (Wildman–Crippen LogP) is 9.27. The van der Waals surface area contributed by atoms with E-state index in [9.17, 15) is 4.57 Å². The van der Waals surface area contributed by atoms with Crippen molar-refractivity contribution in [3.8, 4) is 23.0 Å². The van der Waals surface area contributed by atoms with Crippen molar-refractivity contribution in [1.29, 1.82) is 0 Å². The van der Waals surface area contributed by atoms with Crippen molar-refractivity contribution in [2.24, 2.45) is 0 Å². The van der Waals surface area contributed by atoms with E-state index < -0.39 is 12.9 Å². The summed E-state index contributed by atoms with van der Waals surface area (Å²) < 4.78 is 38.6. The minimum Gasteiger partial charge on any atom is -0.491 e. The molecule has 0 radical (unpaired) electrons. The van der Waals surface area contributed by atoms with Gasteiger partial charge >= 0.3 is 7.60 Å². The first-order valence-electron chi connectivity index (χ1n) is 13.1. The molecule has 4 aromatic carbocycles. The highest BCUT2D eigenvalue weighted by atomic mass is 31.2. The third-order valence-electron chi connectivity index (χ3n) is 6.49. The minimum atomic E-state index is -3.90. The second-order valence-corrected chi connectivity index (χ2v) is 13.1. The molecule has 1 unspecified atom stereocenters. The molecule has 5 nitrogen and oxygen atoms in total. The molecule has 4 rings (SSSR count). The average molecular weight is 545 g/mol. The SMILES string of the molecule is CC(C)Oc1ccc(C(C)(C)c2ccc(OP(=O)(Oc3ccccc3)C(C)(C)Oc3ccccc3)cc2)cc1. The van der Waals surface area contributed by atoms with Crippen LogP contribution < -0.4 is 18.5 Å². The van der Waals surface area contributed by atoms with Gasteiger partial charge in [-0.25, -0.2) is 4.57 Å². The van der Waals surface area contributed by atoms with Crippen LogP contribution in [0.5, 0.6) is 23.0 Å². The molecule has 0 fully saturated rings. The normalized spacial score (nSPS) is 13.4. The molecule has 0 spiro atoms. The number of hydrogen-bond donors (Lipinski definition) is 0. The second kappa shape index (κ2) is 11.6. The minimum absolute atomic E-state index is 0.126. The van der Waals surface area contributed by atoms with E-state index in [0.717, 1.165) is 16.9 Å². The van der Waals surface area contributed by atoms with E-state index in [2.05, 4.69) is 26.0 Å². The van der Waals surface area contributed by atoms with Crippen molar-refractivity contribution in [2.75, 3.05) is 0 Å². The summed E-state index contributed by atoms with van der Waals surface area (Å²) in [5, 5.41) is -1.29. The molecule has 0 aliphatic heterocycles. The van der Waals surface area contributed by atoms with Gasteiger partial charge in [-0.05, 0) is 87.4 Å². The molecule has 0 aliphatic carbocycles. The Kier molecular flexibility index (Phi) is 8.42. The Bertz CT molecular complexity index is 1380. The summed E-state index contributed by atoms with van der Waals surface area (Å²) >= 11 is 0. The lowest BCUT2D eigenvalue weighted by Crippen LogP contribution is -2.33. The maximum atomic E-state index is 14.4. The molecule has 0 aromatic heterocycles. The molecule has 6 heteroatoms. The highest BCUT2D eigenvalue weighted by Gasteiger charge is 2.49. The van der Waals surface area contributed by atoms with Crippen LogP contribution in [0.2, 0.25) is 0 Å². The summed E-state index contributed by atoms with van der Waals surface area (Å²) in [6, 6.07) is 34.1. The van der Waals surface area contributed by atoms with Crippen LogP contribution in [-0.2, 0) is 9.98 Å². The standard InChI is InChI=1S/C33H37O5P/c1-25(2)35-28-21-17-26(18-22-28)32(3,4)27-19-23-31(24-20-27)38-39(34,37-30-15-11-8-12-16-30)33(5,6)36-29-13-9-7-10-14-29/h7-25H,1-6H3. The number of para-hydroxylation sites is 2. The van der Waals surface area contributed by atoms with E-state index in [4.69, 9.17) is 18.5 Å². The van der Waals surface area contributed by atoms with Gasteiger partial charge in [0.25, 0.3) is 0 Å². The van der Waals surface area contributed by atoms with Crippen LogP contribution in [0, 0.1) is 0 Å². The summed E-state index contributed by atoms with van der Waals surface area (Å²) in [5.41, 5.74) is 1.98. The molecule has 0 aliphatic rings. The van der Waals surface area contributed by atoms with Crippen LogP contribution >= 0.6 is 7.60 Å². The molecule has 1 atom stereocenters. The lowest BCUT2D eigenvalue weighted by atomic mass is 9.78. The Labute approximate surface area is 232 Å². The van der Waals surface area contributed by atoms with Crippen molar-refractivity contribution in [3.63, 3.8) is 0 Å². The average Bonchev–Trinajstić information content (AvgIpc) is 2.90. The highest BCUT2D eigenvalue weighted by Crippen LogP contribution is 2.59. The van der Waals surface area contributed by atoms with E-state index >= 15 is 0 Å². The Hall–Kier alpha value is -3.69. The van der Waals surface area contributed by atoms with Crippen LogP contribution in [0.3, 0.4) is 0 Å². The van der Waals surface area contributed by atoms with Crippen LogP contribution in [-0.4, -0.2) is 11.4 Å². The zero-order valence-electron chi connectivity index (χ0n) is 23.5. The van der Waals surface area contributed by atoms with Gasteiger partial charge < -0.3 is 18.5 Å². The quantitative estimate of drug-likeness (QED) is 0.176. The molecule has 204 valence electrons. The molecule has 0 saturated heterocycles. The van der Waals surface area contributed by atoms with Crippen molar-refractivity contribution in [1.82, 2.24) is 0 Å². The van der Waals surface area contributed by atoms with Crippen LogP contribution in [0.4, 0.5) is 0 Å². The van der Waals surface area contributed by atoms with Crippen molar-refractivity contribution >= 4 is 7.60 Å². The largest absolute Gasteiger partial charge is 0.491 e. The Balaban J connectivity index is 1.59.